The van der Waals surface area contributed by atoms with Crippen molar-refractivity contribution in [2.45, 2.75) is 13.0 Å². The van der Waals surface area contributed by atoms with Crippen LogP contribution in [0.25, 0.3) is 10.9 Å². The number of likely N-dealkylation sites (N-methyl/N-ethyl adjacent to an activating group) is 1. The Labute approximate surface area is 231 Å². The standard InChI is InChI=1S/C28H33FN8O3/c1-34-8-10-35(11-9-34)7-4-12-40-26-15-24-23(14-25(26)39-2)28(32-19-31-24)37(21-6-3-5-20(29)13-21)22-16-33-36(17-22)18-27(30)38/h3,5-6,13-17,19H,4,7-12,18H2,1-2H3,(H2,30,38). The maximum atomic E-state index is 14.3. The molecule has 0 saturated carbocycles. The van der Waals surface area contributed by atoms with Crippen molar-refractivity contribution < 1.29 is 18.7 Å². The average Bonchev–Trinajstić information content (AvgIpc) is 3.39. The molecule has 0 spiro atoms. The number of anilines is 3. The number of carbonyl (C=O) groups is 1. The van der Waals surface area contributed by atoms with Crippen LogP contribution in [0.5, 0.6) is 11.5 Å². The lowest BCUT2D eigenvalue weighted by Gasteiger charge is -2.32. The zero-order valence-corrected chi connectivity index (χ0v) is 22.7. The number of nitrogens with zero attached hydrogens (tertiary/aromatic N) is 7. The van der Waals surface area contributed by atoms with Crippen LogP contribution < -0.4 is 20.1 Å². The van der Waals surface area contributed by atoms with Gasteiger partial charge in [0, 0.05) is 50.4 Å². The number of aromatic nitrogens is 4. The van der Waals surface area contributed by atoms with Gasteiger partial charge in [-0.2, -0.15) is 5.10 Å². The first-order chi connectivity index (χ1) is 19.4. The van der Waals surface area contributed by atoms with Gasteiger partial charge in [0.05, 0.1) is 36.8 Å². The van der Waals surface area contributed by atoms with Gasteiger partial charge >= 0.3 is 0 Å². The van der Waals surface area contributed by atoms with E-state index in [0.717, 1.165) is 39.1 Å². The Balaban J connectivity index is 1.44. The molecule has 2 N–H and O–H groups in total. The summed E-state index contributed by atoms with van der Waals surface area (Å²) in [5, 5.41) is 4.91. The Hall–Kier alpha value is -4.29. The third kappa shape index (κ3) is 6.29. The number of hydrogen-bond donors (Lipinski definition) is 1. The number of nitrogens with two attached hydrogens (primary N) is 1. The molecule has 0 aliphatic carbocycles. The highest BCUT2D eigenvalue weighted by molar-refractivity contribution is 5.96. The Morgan fingerprint density at radius 1 is 1.10 bits per heavy atom. The van der Waals surface area contributed by atoms with Crippen molar-refractivity contribution in [2.75, 3.05) is 58.4 Å². The van der Waals surface area contributed by atoms with E-state index in [2.05, 4.69) is 31.9 Å². The summed E-state index contributed by atoms with van der Waals surface area (Å²) in [6.45, 7) is 5.73. The molecule has 1 aliphatic heterocycles. The van der Waals surface area contributed by atoms with Crippen molar-refractivity contribution in [1.29, 1.82) is 0 Å². The zero-order valence-electron chi connectivity index (χ0n) is 22.7. The van der Waals surface area contributed by atoms with Crippen molar-refractivity contribution in [3.63, 3.8) is 0 Å². The fraction of sp³-hybridized carbons (Fsp3) is 0.357. The number of fused-ring (bicyclic) bond motifs is 1. The minimum absolute atomic E-state index is 0.0924. The summed E-state index contributed by atoms with van der Waals surface area (Å²) in [6, 6.07) is 9.79. The number of methoxy groups -OCH3 is 1. The van der Waals surface area contributed by atoms with Gasteiger partial charge in [-0.15, -0.1) is 0 Å². The van der Waals surface area contributed by atoms with E-state index in [0.29, 0.717) is 46.2 Å². The average molecular weight is 549 g/mol. The fourth-order valence-corrected chi connectivity index (χ4v) is 4.77. The van der Waals surface area contributed by atoms with Crippen molar-refractivity contribution in [2.24, 2.45) is 5.73 Å². The topological polar surface area (TPSA) is 115 Å². The normalized spacial score (nSPS) is 14.4. The highest BCUT2D eigenvalue weighted by Gasteiger charge is 2.21. The number of rotatable bonds is 11. The zero-order chi connectivity index (χ0) is 28.1. The van der Waals surface area contributed by atoms with Crippen molar-refractivity contribution >= 4 is 34.0 Å². The third-order valence-electron chi connectivity index (χ3n) is 6.85. The molecule has 1 saturated heterocycles. The van der Waals surface area contributed by atoms with Crippen LogP contribution >= 0.6 is 0 Å². The monoisotopic (exact) mass is 548 g/mol. The van der Waals surface area contributed by atoms with Crippen LogP contribution in [0.4, 0.5) is 21.6 Å². The van der Waals surface area contributed by atoms with Gasteiger partial charge in [-0.25, -0.2) is 14.4 Å². The number of halogens is 1. The van der Waals surface area contributed by atoms with Gasteiger partial charge in [-0.05, 0) is 37.7 Å². The van der Waals surface area contributed by atoms with Crippen LogP contribution in [-0.4, -0.2) is 88.9 Å². The number of ether oxygens (including phenoxy) is 2. The molecule has 5 rings (SSSR count). The first kappa shape index (κ1) is 27.3. The van der Waals surface area contributed by atoms with Gasteiger partial charge in [-0.1, -0.05) is 6.07 Å². The second-order valence-corrected chi connectivity index (χ2v) is 9.74. The summed E-state index contributed by atoms with van der Waals surface area (Å²) >= 11 is 0. The summed E-state index contributed by atoms with van der Waals surface area (Å²) in [6.07, 6.45) is 5.56. The molecular weight excluding hydrogens is 515 g/mol. The molecule has 2 aromatic carbocycles. The van der Waals surface area contributed by atoms with Crippen LogP contribution in [0.15, 0.2) is 55.1 Å². The van der Waals surface area contributed by atoms with Crippen LogP contribution in [0.3, 0.4) is 0 Å². The molecule has 0 bridgehead atoms. The molecule has 210 valence electrons. The predicted molar refractivity (Wildman–Crippen MR) is 150 cm³/mol. The first-order valence-electron chi connectivity index (χ1n) is 13.1. The smallest absolute Gasteiger partial charge is 0.239 e. The summed E-state index contributed by atoms with van der Waals surface area (Å²) in [5.74, 6) is 0.668. The molecule has 0 atom stereocenters. The van der Waals surface area contributed by atoms with Gasteiger partial charge in [0.2, 0.25) is 5.91 Å². The van der Waals surface area contributed by atoms with Crippen LogP contribution in [0, 0.1) is 5.82 Å². The van der Waals surface area contributed by atoms with Crippen molar-refractivity contribution in [3.8, 4) is 11.5 Å². The van der Waals surface area contributed by atoms with Gasteiger partial charge in [0.25, 0.3) is 0 Å². The van der Waals surface area contributed by atoms with Crippen LogP contribution in [-0.2, 0) is 11.3 Å². The molecule has 1 aliphatic rings. The molecule has 1 fully saturated rings. The van der Waals surface area contributed by atoms with Crippen LogP contribution in [0.2, 0.25) is 0 Å². The molecule has 0 radical (unpaired) electrons. The first-order valence-corrected chi connectivity index (χ1v) is 13.1. The lowest BCUT2D eigenvalue weighted by atomic mass is 10.1. The Morgan fingerprint density at radius 2 is 1.93 bits per heavy atom. The largest absolute Gasteiger partial charge is 0.493 e. The van der Waals surface area contributed by atoms with E-state index >= 15 is 0 Å². The second-order valence-electron chi connectivity index (χ2n) is 9.74. The third-order valence-corrected chi connectivity index (χ3v) is 6.85. The quantitative estimate of drug-likeness (QED) is 0.283. The van der Waals surface area contributed by atoms with Gasteiger partial charge < -0.3 is 25.0 Å². The fourth-order valence-electron chi connectivity index (χ4n) is 4.77. The molecule has 40 heavy (non-hydrogen) atoms. The van der Waals surface area contributed by atoms with Gasteiger partial charge in [0.15, 0.2) is 11.5 Å². The number of carbonyl (C=O) groups excluding carboxylic acids is 1. The molecular formula is C28H33FN8O3. The Bertz CT molecular complexity index is 1470. The number of hydrogen-bond acceptors (Lipinski definition) is 9. The van der Waals surface area contributed by atoms with E-state index in [-0.39, 0.29) is 6.54 Å². The van der Waals surface area contributed by atoms with E-state index in [1.807, 2.05) is 12.1 Å². The Kier molecular flexibility index (Phi) is 8.37. The van der Waals surface area contributed by atoms with Crippen LogP contribution in [0.1, 0.15) is 6.42 Å². The molecule has 12 heteroatoms. The molecule has 2 aromatic heterocycles. The van der Waals surface area contributed by atoms with Crippen molar-refractivity contribution in [1.82, 2.24) is 29.5 Å². The number of primary amides is 1. The Morgan fingerprint density at radius 3 is 2.67 bits per heavy atom. The highest BCUT2D eigenvalue weighted by Crippen LogP contribution is 2.40. The highest BCUT2D eigenvalue weighted by atomic mass is 19.1. The summed E-state index contributed by atoms with van der Waals surface area (Å²) in [4.78, 5) is 27.0. The lowest BCUT2D eigenvalue weighted by Crippen LogP contribution is -2.44. The minimum Gasteiger partial charge on any atom is -0.493 e. The van der Waals surface area contributed by atoms with E-state index in [4.69, 9.17) is 15.2 Å². The number of piperazine rings is 1. The summed E-state index contributed by atoms with van der Waals surface area (Å²) < 4.78 is 27.6. The maximum Gasteiger partial charge on any atom is 0.239 e. The minimum atomic E-state index is -0.528. The molecule has 4 aromatic rings. The molecule has 3 heterocycles. The lowest BCUT2D eigenvalue weighted by molar-refractivity contribution is -0.118. The molecule has 1 amide bonds. The van der Waals surface area contributed by atoms with Gasteiger partial charge in [-0.3, -0.25) is 14.4 Å². The van der Waals surface area contributed by atoms with E-state index < -0.39 is 11.7 Å². The van der Waals surface area contributed by atoms with E-state index in [9.17, 15) is 9.18 Å². The molecule has 0 unspecified atom stereocenters. The van der Waals surface area contributed by atoms with Gasteiger partial charge in [0.1, 0.15) is 24.5 Å². The van der Waals surface area contributed by atoms with E-state index in [1.165, 1.54) is 23.1 Å². The van der Waals surface area contributed by atoms with E-state index in [1.54, 1.807) is 36.5 Å². The second kappa shape index (κ2) is 12.3. The maximum absolute atomic E-state index is 14.3. The predicted octanol–water partition coefficient (Wildman–Crippen LogP) is 2.95. The van der Waals surface area contributed by atoms with Crippen molar-refractivity contribution in [3.05, 3.63) is 60.9 Å². The number of benzene rings is 2. The SMILES string of the molecule is COc1cc2c(N(c3cccc(F)c3)c3cnn(CC(N)=O)c3)ncnc2cc1OCCCN1CCN(C)CC1. The molecule has 11 nitrogen and oxygen atoms in total. The summed E-state index contributed by atoms with van der Waals surface area (Å²) in [5.41, 5.74) is 7.06. The number of amides is 1. The summed E-state index contributed by atoms with van der Waals surface area (Å²) in [7, 11) is 3.73.